The van der Waals surface area contributed by atoms with Crippen molar-refractivity contribution in [2.45, 2.75) is 16.8 Å². The van der Waals surface area contributed by atoms with Gasteiger partial charge in [0, 0.05) is 16.6 Å². The van der Waals surface area contributed by atoms with Gasteiger partial charge in [0.2, 0.25) is 26.6 Å². The fourth-order valence-corrected chi connectivity index (χ4v) is 3.73. The van der Waals surface area contributed by atoms with Crippen molar-refractivity contribution < 1.29 is 12.8 Å². The van der Waals surface area contributed by atoms with Gasteiger partial charge in [0.25, 0.3) is 0 Å². The maximum Gasteiger partial charge on any atom is 0.233 e. The molecule has 0 aliphatic heterocycles. The molecular formula is C17H15BrN2O3S. The molecule has 1 heterocycles. The van der Waals surface area contributed by atoms with Crippen LogP contribution in [0.3, 0.4) is 0 Å². The van der Waals surface area contributed by atoms with Gasteiger partial charge in [-0.25, -0.2) is 8.42 Å². The van der Waals surface area contributed by atoms with Crippen LogP contribution in [0.15, 0.2) is 73.4 Å². The molecule has 0 aliphatic rings. The van der Waals surface area contributed by atoms with Crippen molar-refractivity contribution >= 4 is 31.7 Å². The Kier molecular flexibility index (Phi) is 4.73. The number of benzene rings is 2. The van der Waals surface area contributed by atoms with Crippen LogP contribution in [0.4, 0.5) is 5.88 Å². The van der Waals surface area contributed by atoms with Crippen LogP contribution in [0.2, 0.25) is 0 Å². The van der Waals surface area contributed by atoms with Crippen molar-refractivity contribution in [1.29, 1.82) is 0 Å². The summed E-state index contributed by atoms with van der Waals surface area (Å²) < 4.78 is 32.3. The van der Waals surface area contributed by atoms with Gasteiger partial charge >= 0.3 is 0 Å². The first-order valence-corrected chi connectivity index (χ1v) is 9.60. The van der Waals surface area contributed by atoms with Crippen LogP contribution >= 0.6 is 15.9 Å². The second-order valence-corrected chi connectivity index (χ2v) is 7.79. The second-order valence-electron chi connectivity index (χ2n) is 5.01. The zero-order valence-corrected chi connectivity index (χ0v) is 15.3. The Labute approximate surface area is 148 Å². The average molecular weight is 407 g/mol. The summed E-state index contributed by atoms with van der Waals surface area (Å²) in [6.45, 7) is 2.38. The summed E-state index contributed by atoms with van der Waals surface area (Å²) in [7, 11) is -3.78. The number of hydrogen-bond donors (Lipinski definition) is 1. The summed E-state index contributed by atoms with van der Waals surface area (Å²) in [5, 5.41) is 2.83. The molecule has 124 valence electrons. The summed E-state index contributed by atoms with van der Waals surface area (Å²) in [5.74, 6) is 0.418. The Morgan fingerprint density at radius 2 is 1.75 bits per heavy atom. The normalized spacial score (nSPS) is 11.4. The highest BCUT2D eigenvalue weighted by Gasteiger charge is 2.28. The van der Waals surface area contributed by atoms with Crippen LogP contribution in [0, 0.1) is 0 Å². The predicted molar refractivity (Wildman–Crippen MR) is 95.7 cm³/mol. The average Bonchev–Trinajstić information content (AvgIpc) is 3.01. The second kappa shape index (κ2) is 6.78. The lowest BCUT2D eigenvalue weighted by Gasteiger charge is -2.04. The molecule has 7 heteroatoms. The summed E-state index contributed by atoms with van der Waals surface area (Å²) >= 11 is 3.30. The third-order valence-electron chi connectivity index (χ3n) is 3.33. The molecule has 2 aromatic carbocycles. The molecule has 0 bridgehead atoms. The standard InChI is InChI=1S/C17H15BrN2O3S/c1-2-19-16-17(20-15(23-16)12-6-4-3-5-7-12)24(21,22)14-10-8-13(18)9-11-14/h3-11,19H,2H2,1H3. The third-order valence-corrected chi connectivity index (χ3v) is 5.54. The number of hydrogen-bond acceptors (Lipinski definition) is 5. The van der Waals surface area contributed by atoms with E-state index in [0.29, 0.717) is 12.1 Å². The molecule has 5 nitrogen and oxygen atoms in total. The van der Waals surface area contributed by atoms with Gasteiger partial charge < -0.3 is 9.73 Å². The maximum atomic E-state index is 12.9. The molecular weight excluding hydrogens is 392 g/mol. The van der Waals surface area contributed by atoms with Crippen LogP contribution in [0.1, 0.15) is 6.92 Å². The quantitative estimate of drug-likeness (QED) is 0.680. The first-order chi connectivity index (χ1) is 11.5. The third kappa shape index (κ3) is 3.22. The molecule has 3 rings (SSSR count). The van der Waals surface area contributed by atoms with E-state index >= 15 is 0 Å². The molecule has 1 aromatic heterocycles. The summed E-state index contributed by atoms with van der Waals surface area (Å²) in [5.41, 5.74) is 0.717. The lowest BCUT2D eigenvalue weighted by molar-refractivity contribution is 0.578. The van der Waals surface area contributed by atoms with E-state index in [1.54, 1.807) is 12.1 Å². The fourth-order valence-electron chi connectivity index (χ4n) is 2.19. The van der Waals surface area contributed by atoms with Gasteiger partial charge in [0.1, 0.15) is 0 Å². The minimum absolute atomic E-state index is 0.106. The molecule has 3 aromatic rings. The lowest BCUT2D eigenvalue weighted by Crippen LogP contribution is -2.07. The molecule has 1 N–H and O–H groups in total. The zero-order valence-electron chi connectivity index (χ0n) is 12.9. The smallest absolute Gasteiger partial charge is 0.233 e. The van der Waals surface area contributed by atoms with Gasteiger partial charge in [-0.2, -0.15) is 4.98 Å². The number of sulfone groups is 1. The number of nitrogens with one attached hydrogen (secondary N) is 1. The molecule has 0 fully saturated rings. The highest BCUT2D eigenvalue weighted by atomic mass is 79.9. The topological polar surface area (TPSA) is 72.2 Å². The molecule has 0 amide bonds. The molecule has 0 radical (unpaired) electrons. The fraction of sp³-hybridized carbons (Fsp3) is 0.118. The first kappa shape index (κ1) is 16.7. The van der Waals surface area contributed by atoms with E-state index in [0.717, 1.165) is 4.47 Å². The van der Waals surface area contributed by atoms with Crippen LogP contribution in [0.25, 0.3) is 11.5 Å². The van der Waals surface area contributed by atoms with E-state index in [2.05, 4.69) is 26.2 Å². The van der Waals surface area contributed by atoms with Crippen molar-refractivity contribution in [2.24, 2.45) is 0 Å². The Bertz CT molecular complexity index is 936. The summed E-state index contributed by atoms with van der Waals surface area (Å²) in [6, 6.07) is 15.6. The maximum absolute atomic E-state index is 12.9. The first-order valence-electron chi connectivity index (χ1n) is 7.33. The van der Waals surface area contributed by atoms with Crippen LogP contribution < -0.4 is 5.32 Å². The van der Waals surface area contributed by atoms with Gasteiger partial charge in [-0.1, -0.05) is 34.1 Å². The number of nitrogens with zero attached hydrogens (tertiary/aromatic N) is 1. The van der Waals surface area contributed by atoms with Gasteiger partial charge in [0.05, 0.1) is 4.90 Å². The van der Waals surface area contributed by atoms with Crippen molar-refractivity contribution in [2.75, 3.05) is 11.9 Å². The van der Waals surface area contributed by atoms with E-state index in [1.807, 2.05) is 37.3 Å². The lowest BCUT2D eigenvalue weighted by atomic mass is 10.2. The molecule has 0 unspecified atom stereocenters. The van der Waals surface area contributed by atoms with E-state index < -0.39 is 9.84 Å². The Morgan fingerprint density at radius 1 is 1.08 bits per heavy atom. The van der Waals surface area contributed by atoms with Crippen molar-refractivity contribution in [1.82, 2.24) is 4.98 Å². The van der Waals surface area contributed by atoms with E-state index in [9.17, 15) is 8.42 Å². The molecule has 24 heavy (non-hydrogen) atoms. The van der Waals surface area contributed by atoms with E-state index in [1.165, 1.54) is 12.1 Å². The largest absolute Gasteiger partial charge is 0.419 e. The highest BCUT2D eigenvalue weighted by Crippen LogP contribution is 2.32. The Morgan fingerprint density at radius 3 is 2.38 bits per heavy atom. The minimum Gasteiger partial charge on any atom is -0.419 e. The Hall–Kier alpha value is -2.12. The number of aromatic nitrogens is 1. The summed E-state index contributed by atoms with van der Waals surface area (Å²) in [6.07, 6.45) is 0. The van der Waals surface area contributed by atoms with Gasteiger partial charge in [-0.3, -0.25) is 0 Å². The molecule has 0 atom stereocenters. The number of rotatable bonds is 5. The van der Waals surface area contributed by atoms with Crippen LogP contribution in [-0.4, -0.2) is 19.9 Å². The number of oxazole rings is 1. The van der Waals surface area contributed by atoms with E-state index in [4.69, 9.17) is 4.42 Å². The zero-order chi connectivity index (χ0) is 17.2. The van der Waals surface area contributed by atoms with Crippen molar-refractivity contribution in [3.05, 3.63) is 59.1 Å². The van der Waals surface area contributed by atoms with Crippen molar-refractivity contribution in [3.63, 3.8) is 0 Å². The van der Waals surface area contributed by atoms with Crippen LogP contribution in [-0.2, 0) is 9.84 Å². The van der Waals surface area contributed by atoms with Gasteiger partial charge in [-0.15, -0.1) is 0 Å². The molecule has 0 aliphatic carbocycles. The van der Waals surface area contributed by atoms with Crippen LogP contribution in [0.5, 0.6) is 0 Å². The number of anilines is 1. The Balaban J connectivity index is 2.12. The summed E-state index contributed by atoms with van der Waals surface area (Å²) in [4.78, 5) is 4.41. The monoisotopic (exact) mass is 406 g/mol. The minimum atomic E-state index is -3.78. The van der Waals surface area contributed by atoms with Crippen molar-refractivity contribution in [3.8, 4) is 11.5 Å². The molecule has 0 spiro atoms. The molecule has 0 saturated heterocycles. The van der Waals surface area contributed by atoms with Gasteiger partial charge in [0.15, 0.2) is 0 Å². The number of halogens is 1. The van der Waals surface area contributed by atoms with Gasteiger partial charge in [-0.05, 0) is 43.3 Å². The predicted octanol–water partition coefficient (Wildman–Crippen LogP) is 4.37. The SMILES string of the molecule is CCNc1oc(-c2ccccc2)nc1S(=O)(=O)c1ccc(Br)cc1. The molecule has 0 saturated carbocycles. The highest BCUT2D eigenvalue weighted by molar-refractivity contribution is 9.10. The van der Waals surface area contributed by atoms with E-state index in [-0.39, 0.29) is 21.7 Å².